The molecule has 0 unspecified atom stereocenters. The van der Waals surface area contributed by atoms with Crippen molar-refractivity contribution in [2.45, 2.75) is 32.7 Å². The zero-order valence-corrected chi connectivity index (χ0v) is 17.8. The van der Waals surface area contributed by atoms with Gasteiger partial charge in [-0.25, -0.2) is 15.0 Å². The van der Waals surface area contributed by atoms with Gasteiger partial charge in [-0.15, -0.1) is 0 Å². The van der Waals surface area contributed by atoms with Gasteiger partial charge in [-0.1, -0.05) is 6.92 Å². The number of hydrogen-bond donors (Lipinski definition) is 2. The van der Waals surface area contributed by atoms with Crippen LogP contribution >= 0.6 is 0 Å². The third-order valence-electron chi connectivity index (χ3n) is 5.97. The largest absolute Gasteiger partial charge is 0.380 e. The van der Waals surface area contributed by atoms with Crippen molar-refractivity contribution in [3.8, 4) is 0 Å². The number of amides is 1. The van der Waals surface area contributed by atoms with Crippen molar-refractivity contribution in [3.05, 3.63) is 42.2 Å². The summed E-state index contributed by atoms with van der Waals surface area (Å²) in [4.78, 5) is 39.5. The summed E-state index contributed by atoms with van der Waals surface area (Å²) in [5, 5.41) is 5.92. The monoisotopic (exact) mass is 424 g/mol. The number of anilines is 2. The second-order valence-electron chi connectivity index (χ2n) is 8.20. The maximum absolute atomic E-state index is 12.5. The predicted molar refractivity (Wildman–Crippen MR) is 116 cm³/mol. The van der Waals surface area contributed by atoms with Crippen LogP contribution in [0, 0.1) is 5.41 Å². The molecule has 4 rings (SSSR count). The van der Waals surface area contributed by atoms with Gasteiger partial charge in [0.2, 0.25) is 5.91 Å². The SMILES string of the molecule is CCC(=O)c1ncc(N2CCC3(CC2)COC3)cc1NC(=O)CNCc1ccncn1. The highest BCUT2D eigenvalue weighted by molar-refractivity contribution is 6.04. The molecular formula is C22H28N6O3. The highest BCUT2D eigenvalue weighted by Crippen LogP contribution is 2.39. The Morgan fingerprint density at radius 1 is 1.23 bits per heavy atom. The average Bonchev–Trinajstić information content (AvgIpc) is 2.78. The average molecular weight is 425 g/mol. The van der Waals surface area contributed by atoms with Crippen LogP contribution in [0.25, 0.3) is 0 Å². The maximum atomic E-state index is 12.5. The molecule has 0 aliphatic carbocycles. The van der Waals surface area contributed by atoms with Gasteiger partial charge in [0, 0.05) is 37.7 Å². The quantitative estimate of drug-likeness (QED) is 0.618. The number of aromatic nitrogens is 3. The maximum Gasteiger partial charge on any atom is 0.238 e. The van der Waals surface area contributed by atoms with Gasteiger partial charge >= 0.3 is 0 Å². The van der Waals surface area contributed by atoms with Crippen LogP contribution < -0.4 is 15.5 Å². The number of Topliss-reactive ketones (excluding diaryl/α,β-unsaturated/α-hetero) is 1. The molecule has 2 aromatic heterocycles. The van der Waals surface area contributed by atoms with E-state index >= 15 is 0 Å². The molecule has 0 aromatic carbocycles. The molecule has 1 amide bonds. The molecule has 0 radical (unpaired) electrons. The molecule has 2 aliphatic heterocycles. The Morgan fingerprint density at radius 2 is 2.03 bits per heavy atom. The number of pyridine rings is 1. The van der Waals surface area contributed by atoms with E-state index < -0.39 is 0 Å². The number of ether oxygens (including phenoxy) is 1. The van der Waals surface area contributed by atoms with Crippen molar-refractivity contribution in [3.63, 3.8) is 0 Å². The van der Waals surface area contributed by atoms with Gasteiger partial charge in [-0.05, 0) is 25.0 Å². The summed E-state index contributed by atoms with van der Waals surface area (Å²) in [5.41, 5.74) is 2.83. The van der Waals surface area contributed by atoms with Crippen molar-refractivity contribution < 1.29 is 14.3 Å². The number of nitrogens with zero attached hydrogens (tertiary/aromatic N) is 4. The minimum atomic E-state index is -0.234. The van der Waals surface area contributed by atoms with Crippen LogP contribution in [-0.2, 0) is 16.1 Å². The molecule has 31 heavy (non-hydrogen) atoms. The summed E-state index contributed by atoms with van der Waals surface area (Å²) in [6.45, 7) is 5.88. The minimum Gasteiger partial charge on any atom is -0.380 e. The molecule has 164 valence electrons. The molecule has 9 heteroatoms. The van der Waals surface area contributed by atoms with Gasteiger partial charge in [0.1, 0.15) is 12.0 Å². The number of hydrogen-bond acceptors (Lipinski definition) is 8. The second-order valence-corrected chi connectivity index (χ2v) is 8.20. The normalized spacial score (nSPS) is 17.3. The Hall–Kier alpha value is -2.91. The smallest absolute Gasteiger partial charge is 0.238 e. The van der Waals surface area contributed by atoms with Gasteiger partial charge < -0.3 is 20.3 Å². The van der Waals surface area contributed by atoms with Gasteiger partial charge in [0.05, 0.1) is 43.0 Å². The Bertz CT molecular complexity index is 922. The van der Waals surface area contributed by atoms with E-state index in [2.05, 4.69) is 30.5 Å². The molecule has 4 heterocycles. The van der Waals surface area contributed by atoms with Crippen LogP contribution in [0.1, 0.15) is 42.4 Å². The summed E-state index contributed by atoms with van der Waals surface area (Å²) < 4.78 is 5.41. The van der Waals surface area contributed by atoms with E-state index in [1.54, 1.807) is 25.4 Å². The predicted octanol–water partition coefficient (Wildman–Crippen LogP) is 1.81. The van der Waals surface area contributed by atoms with Crippen molar-refractivity contribution in [2.24, 2.45) is 5.41 Å². The van der Waals surface area contributed by atoms with Gasteiger partial charge in [0.15, 0.2) is 5.78 Å². The number of carbonyl (C=O) groups is 2. The van der Waals surface area contributed by atoms with E-state index in [1.165, 1.54) is 6.33 Å². The fourth-order valence-corrected chi connectivity index (χ4v) is 3.95. The third kappa shape index (κ3) is 5.05. The Labute approximate surface area is 181 Å². The number of nitrogens with one attached hydrogen (secondary N) is 2. The number of carbonyl (C=O) groups excluding carboxylic acids is 2. The van der Waals surface area contributed by atoms with Gasteiger partial charge in [0.25, 0.3) is 0 Å². The van der Waals surface area contributed by atoms with E-state index in [1.807, 2.05) is 6.07 Å². The molecule has 2 N–H and O–H groups in total. The number of rotatable bonds is 8. The van der Waals surface area contributed by atoms with Crippen molar-refractivity contribution in [1.82, 2.24) is 20.3 Å². The highest BCUT2D eigenvalue weighted by Gasteiger charge is 2.41. The Morgan fingerprint density at radius 3 is 2.68 bits per heavy atom. The molecule has 0 bridgehead atoms. The zero-order chi connectivity index (χ0) is 21.7. The summed E-state index contributed by atoms with van der Waals surface area (Å²) in [6, 6.07) is 3.66. The molecule has 9 nitrogen and oxygen atoms in total. The minimum absolute atomic E-state index is 0.0972. The fraction of sp³-hybridized carbons (Fsp3) is 0.500. The van der Waals surface area contributed by atoms with Crippen LogP contribution in [0.2, 0.25) is 0 Å². The first kappa shape index (κ1) is 21.3. The summed E-state index contributed by atoms with van der Waals surface area (Å²) in [6.07, 6.45) is 7.35. The van der Waals surface area contributed by atoms with Gasteiger partial charge in [-0.3, -0.25) is 9.59 Å². The van der Waals surface area contributed by atoms with Crippen LogP contribution in [-0.4, -0.2) is 59.5 Å². The molecular weight excluding hydrogens is 396 g/mol. The highest BCUT2D eigenvalue weighted by atomic mass is 16.5. The number of piperidine rings is 1. The Kier molecular flexibility index (Phi) is 6.53. The van der Waals surface area contributed by atoms with Crippen molar-refractivity contribution >= 4 is 23.1 Å². The number of ketones is 1. The van der Waals surface area contributed by atoms with E-state index in [0.29, 0.717) is 29.8 Å². The zero-order valence-electron chi connectivity index (χ0n) is 17.8. The molecule has 2 saturated heterocycles. The topological polar surface area (TPSA) is 109 Å². The second kappa shape index (κ2) is 9.49. The fourth-order valence-electron chi connectivity index (χ4n) is 3.95. The lowest BCUT2D eigenvalue weighted by atomic mass is 9.77. The van der Waals surface area contributed by atoms with Gasteiger partial charge in [-0.2, -0.15) is 0 Å². The summed E-state index contributed by atoms with van der Waals surface area (Å²) in [5.74, 6) is -0.331. The molecule has 2 aliphatic rings. The molecule has 0 atom stereocenters. The van der Waals surface area contributed by atoms with E-state index in [-0.39, 0.29) is 18.2 Å². The molecule has 2 fully saturated rings. The lowest BCUT2D eigenvalue weighted by molar-refractivity contribution is -0.124. The molecule has 0 saturated carbocycles. The first-order valence-electron chi connectivity index (χ1n) is 10.7. The first-order chi connectivity index (χ1) is 15.1. The Balaban J connectivity index is 1.41. The lowest BCUT2D eigenvalue weighted by Gasteiger charge is -2.47. The van der Waals surface area contributed by atoms with Crippen LogP contribution in [0.15, 0.2) is 30.9 Å². The standard InChI is InChI=1S/C22H28N6O3/c1-2-19(29)21-18(27-20(30)12-24-10-16-3-6-23-15-26-16)9-17(11-25-21)28-7-4-22(5-8-28)13-31-14-22/h3,6,9,11,15,24H,2,4-5,7-8,10,12-14H2,1H3,(H,27,30). The van der Waals surface area contributed by atoms with Crippen molar-refractivity contribution in [2.75, 3.05) is 43.1 Å². The van der Waals surface area contributed by atoms with Crippen LogP contribution in [0.5, 0.6) is 0 Å². The lowest BCUT2D eigenvalue weighted by Crippen LogP contribution is -2.51. The van der Waals surface area contributed by atoms with E-state index in [4.69, 9.17) is 4.74 Å². The van der Waals surface area contributed by atoms with Crippen LogP contribution in [0.3, 0.4) is 0 Å². The summed E-state index contributed by atoms with van der Waals surface area (Å²) in [7, 11) is 0. The summed E-state index contributed by atoms with van der Waals surface area (Å²) >= 11 is 0. The first-order valence-corrected chi connectivity index (χ1v) is 10.7. The molecule has 1 spiro atoms. The van der Waals surface area contributed by atoms with E-state index in [9.17, 15) is 9.59 Å². The third-order valence-corrected chi connectivity index (χ3v) is 5.97. The van der Waals surface area contributed by atoms with Crippen molar-refractivity contribution in [1.29, 1.82) is 0 Å². The van der Waals surface area contributed by atoms with E-state index in [0.717, 1.165) is 50.5 Å². The van der Waals surface area contributed by atoms with Crippen LogP contribution in [0.4, 0.5) is 11.4 Å². The molecule has 2 aromatic rings.